The van der Waals surface area contributed by atoms with Crippen molar-refractivity contribution in [2.75, 3.05) is 5.32 Å². The summed E-state index contributed by atoms with van der Waals surface area (Å²) in [5.74, 6) is -0.703. The SMILES string of the molecule is CCC1(C(=O)N[C@@H]2CCC[C@H](Nc3cc(C(F)(F)F)nc4ccccc34)C2)OC(=O)C(C)(C)C1(C)C. The molecule has 36 heavy (non-hydrogen) atoms. The van der Waals surface area contributed by atoms with Gasteiger partial charge in [-0.05, 0) is 58.1 Å². The van der Waals surface area contributed by atoms with Crippen LogP contribution >= 0.6 is 0 Å². The van der Waals surface area contributed by atoms with Crippen LogP contribution in [0.2, 0.25) is 0 Å². The van der Waals surface area contributed by atoms with Gasteiger partial charge >= 0.3 is 12.1 Å². The molecule has 2 aromatic rings. The molecule has 9 heteroatoms. The fraction of sp³-hybridized carbons (Fsp3) is 0.593. The van der Waals surface area contributed by atoms with Crippen LogP contribution in [0, 0.1) is 10.8 Å². The summed E-state index contributed by atoms with van der Waals surface area (Å²) < 4.78 is 46.2. The summed E-state index contributed by atoms with van der Waals surface area (Å²) in [5, 5.41) is 7.01. The van der Waals surface area contributed by atoms with E-state index in [-0.39, 0.29) is 23.5 Å². The van der Waals surface area contributed by atoms with E-state index in [2.05, 4.69) is 15.6 Å². The Bertz CT molecular complexity index is 1180. The molecule has 1 aliphatic carbocycles. The summed E-state index contributed by atoms with van der Waals surface area (Å²) in [4.78, 5) is 30.0. The zero-order valence-electron chi connectivity index (χ0n) is 21.4. The number of ether oxygens (including phenoxy) is 1. The lowest BCUT2D eigenvalue weighted by Crippen LogP contribution is -2.59. The predicted octanol–water partition coefficient (Wildman–Crippen LogP) is 5.85. The Morgan fingerprint density at radius 2 is 1.81 bits per heavy atom. The Balaban J connectivity index is 1.53. The number of para-hydroxylation sites is 1. The summed E-state index contributed by atoms with van der Waals surface area (Å²) >= 11 is 0. The molecular formula is C27H34F3N3O3. The molecule has 0 spiro atoms. The first-order chi connectivity index (χ1) is 16.7. The Kier molecular flexibility index (Phi) is 6.50. The van der Waals surface area contributed by atoms with E-state index in [4.69, 9.17) is 4.74 Å². The minimum Gasteiger partial charge on any atom is -0.448 e. The fourth-order valence-corrected chi connectivity index (χ4v) is 5.59. The van der Waals surface area contributed by atoms with E-state index >= 15 is 0 Å². The number of nitrogens with one attached hydrogen (secondary N) is 2. The molecule has 4 rings (SSSR count). The van der Waals surface area contributed by atoms with E-state index in [1.807, 2.05) is 20.8 Å². The van der Waals surface area contributed by atoms with Crippen molar-refractivity contribution < 1.29 is 27.5 Å². The summed E-state index contributed by atoms with van der Waals surface area (Å²) in [6.45, 7) is 9.22. The number of nitrogens with zero attached hydrogens (tertiary/aromatic N) is 1. The highest BCUT2D eigenvalue weighted by molar-refractivity contribution is 5.94. The lowest BCUT2D eigenvalue weighted by molar-refractivity contribution is -0.165. The topological polar surface area (TPSA) is 80.3 Å². The van der Waals surface area contributed by atoms with Crippen molar-refractivity contribution in [3.63, 3.8) is 0 Å². The number of amides is 1. The standard InChI is InChI=1S/C27H34F3N3O3/c1-6-26(25(4,5)24(2,3)23(35)36-26)22(34)32-17-11-9-10-16(14-17)31-20-15-21(27(28,29)30)33-19-13-8-7-12-18(19)20/h7-8,12-13,15-17H,6,9-11,14H2,1-5H3,(H,31,33)(H,32,34)/t16-,17+,26?/m0/s1. The van der Waals surface area contributed by atoms with E-state index in [1.54, 1.807) is 38.1 Å². The second-order valence-corrected chi connectivity index (χ2v) is 11.1. The molecule has 2 heterocycles. The highest BCUT2D eigenvalue weighted by Gasteiger charge is 2.68. The number of hydrogen-bond donors (Lipinski definition) is 2. The van der Waals surface area contributed by atoms with Gasteiger partial charge in [0, 0.05) is 28.6 Å². The van der Waals surface area contributed by atoms with Gasteiger partial charge in [-0.1, -0.05) is 39.0 Å². The number of rotatable bonds is 5. The first kappa shape index (κ1) is 26.2. The number of esters is 1. The molecule has 3 atom stereocenters. The second kappa shape index (κ2) is 8.92. The normalized spacial score (nSPS) is 27.5. The molecule has 1 amide bonds. The van der Waals surface area contributed by atoms with E-state index in [1.165, 1.54) is 0 Å². The molecule has 1 aromatic heterocycles. The Labute approximate surface area is 209 Å². The predicted molar refractivity (Wildman–Crippen MR) is 131 cm³/mol. The number of aromatic nitrogens is 1. The van der Waals surface area contributed by atoms with Gasteiger partial charge in [0.25, 0.3) is 5.91 Å². The van der Waals surface area contributed by atoms with Crippen molar-refractivity contribution in [3.8, 4) is 0 Å². The first-order valence-corrected chi connectivity index (χ1v) is 12.5. The van der Waals surface area contributed by atoms with Gasteiger partial charge in [0.2, 0.25) is 0 Å². The molecular weight excluding hydrogens is 471 g/mol. The third kappa shape index (κ3) is 4.20. The average Bonchev–Trinajstić information content (AvgIpc) is 2.95. The molecule has 0 bridgehead atoms. The Hall–Kier alpha value is -2.84. The number of halogens is 3. The average molecular weight is 506 g/mol. The van der Waals surface area contributed by atoms with Crippen LogP contribution in [0.25, 0.3) is 10.9 Å². The third-order valence-electron chi connectivity index (χ3n) is 8.59. The van der Waals surface area contributed by atoms with E-state index in [0.717, 1.165) is 25.3 Å². The highest BCUT2D eigenvalue weighted by Crippen LogP contribution is 2.56. The van der Waals surface area contributed by atoms with Crippen LogP contribution in [0.5, 0.6) is 0 Å². The van der Waals surface area contributed by atoms with Crippen LogP contribution in [0.15, 0.2) is 30.3 Å². The van der Waals surface area contributed by atoms with Crippen molar-refractivity contribution in [2.24, 2.45) is 10.8 Å². The zero-order valence-corrected chi connectivity index (χ0v) is 21.4. The molecule has 1 aliphatic heterocycles. The van der Waals surface area contributed by atoms with Gasteiger partial charge in [0.05, 0.1) is 10.9 Å². The van der Waals surface area contributed by atoms with E-state index in [9.17, 15) is 22.8 Å². The van der Waals surface area contributed by atoms with Crippen molar-refractivity contribution in [1.82, 2.24) is 10.3 Å². The zero-order chi connectivity index (χ0) is 26.5. The van der Waals surface area contributed by atoms with E-state index < -0.39 is 34.3 Å². The number of fused-ring (bicyclic) bond motifs is 1. The van der Waals surface area contributed by atoms with Gasteiger partial charge in [-0.15, -0.1) is 0 Å². The van der Waals surface area contributed by atoms with Crippen molar-refractivity contribution >= 4 is 28.5 Å². The molecule has 1 aromatic carbocycles. The van der Waals surface area contributed by atoms with Crippen LogP contribution in [0.3, 0.4) is 0 Å². The minimum absolute atomic E-state index is 0.135. The number of benzene rings is 1. The van der Waals surface area contributed by atoms with Crippen molar-refractivity contribution in [2.45, 2.75) is 90.6 Å². The van der Waals surface area contributed by atoms with Gasteiger partial charge in [0.1, 0.15) is 5.69 Å². The Morgan fingerprint density at radius 1 is 1.14 bits per heavy atom. The molecule has 2 fully saturated rings. The number of anilines is 1. The number of carbonyl (C=O) groups is 2. The van der Waals surface area contributed by atoms with Gasteiger partial charge < -0.3 is 15.4 Å². The quantitative estimate of drug-likeness (QED) is 0.498. The summed E-state index contributed by atoms with van der Waals surface area (Å²) in [6, 6.07) is 7.46. The molecule has 2 aliphatic rings. The number of pyridine rings is 1. The minimum atomic E-state index is -4.56. The monoisotopic (exact) mass is 505 g/mol. The van der Waals surface area contributed by atoms with Gasteiger partial charge in [-0.3, -0.25) is 9.59 Å². The number of carbonyl (C=O) groups excluding carboxylic acids is 2. The van der Waals surface area contributed by atoms with Crippen molar-refractivity contribution in [1.29, 1.82) is 0 Å². The molecule has 1 saturated heterocycles. The van der Waals surface area contributed by atoms with Crippen LogP contribution in [-0.2, 0) is 20.5 Å². The van der Waals surface area contributed by atoms with Gasteiger partial charge in [0.15, 0.2) is 5.60 Å². The number of cyclic esters (lactones) is 1. The van der Waals surface area contributed by atoms with Crippen LogP contribution in [-0.4, -0.2) is 34.5 Å². The maximum atomic E-state index is 13.6. The molecule has 1 saturated carbocycles. The van der Waals surface area contributed by atoms with Crippen LogP contribution < -0.4 is 10.6 Å². The maximum Gasteiger partial charge on any atom is 0.433 e. The number of alkyl halides is 3. The second-order valence-electron chi connectivity index (χ2n) is 11.1. The first-order valence-electron chi connectivity index (χ1n) is 12.5. The highest BCUT2D eigenvalue weighted by atomic mass is 19.4. The lowest BCUT2D eigenvalue weighted by Gasteiger charge is -2.42. The summed E-state index contributed by atoms with van der Waals surface area (Å²) in [7, 11) is 0. The van der Waals surface area contributed by atoms with Crippen molar-refractivity contribution in [3.05, 3.63) is 36.0 Å². The molecule has 2 N–H and O–H groups in total. The third-order valence-corrected chi connectivity index (χ3v) is 8.59. The largest absolute Gasteiger partial charge is 0.448 e. The molecule has 1 unspecified atom stereocenters. The molecule has 0 radical (unpaired) electrons. The van der Waals surface area contributed by atoms with E-state index in [0.29, 0.717) is 23.9 Å². The molecule has 196 valence electrons. The Morgan fingerprint density at radius 3 is 2.42 bits per heavy atom. The number of hydrogen-bond acceptors (Lipinski definition) is 5. The summed E-state index contributed by atoms with van der Waals surface area (Å²) in [5.41, 5.74) is -3.13. The lowest BCUT2D eigenvalue weighted by atomic mass is 9.60. The van der Waals surface area contributed by atoms with Gasteiger partial charge in [-0.25, -0.2) is 4.98 Å². The smallest absolute Gasteiger partial charge is 0.433 e. The van der Waals surface area contributed by atoms with Crippen LogP contribution in [0.1, 0.15) is 72.4 Å². The molecule has 6 nitrogen and oxygen atoms in total. The fourth-order valence-electron chi connectivity index (χ4n) is 5.59. The summed E-state index contributed by atoms with van der Waals surface area (Å²) in [6.07, 6.45) is -1.37. The van der Waals surface area contributed by atoms with Gasteiger partial charge in [-0.2, -0.15) is 13.2 Å². The maximum absolute atomic E-state index is 13.6. The van der Waals surface area contributed by atoms with Crippen LogP contribution in [0.4, 0.5) is 18.9 Å².